The zero-order chi connectivity index (χ0) is 44.7. The summed E-state index contributed by atoms with van der Waals surface area (Å²) in [7, 11) is -3.93. The van der Waals surface area contributed by atoms with E-state index in [0.29, 0.717) is 12.0 Å². The van der Waals surface area contributed by atoms with Crippen LogP contribution in [0.5, 0.6) is 5.75 Å². The first-order chi connectivity index (χ1) is 25.7. The lowest BCUT2D eigenvalue weighted by Gasteiger charge is -2.44. The first kappa shape index (κ1) is 51.9. The molecule has 0 fully saturated rings. The minimum absolute atomic E-state index is 0.185. The predicted molar refractivity (Wildman–Crippen MR) is 173 cm³/mol. The molecule has 0 aliphatic rings. The summed E-state index contributed by atoms with van der Waals surface area (Å²) in [6.45, 7) is 6.34. The van der Waals surface area contributed by atoms with Crippen LogP contribution in [-0.4, -0.2) is 86.8 Å². The van der Waals surface area contributed by atoms with Crippen molar-refractivity contribution in [1.82, 2.24) is 0 Å². The molecule has 1 aromatic rings. The van der Waals surface area contributed by atoms with Gasteiger partial charge in [-0.25, -0.2) is 4.79 Å². The van der Waals surface area contributed by atoms with Crippen molar-refractivity contribution < 1.29 is 98.4 Å². The normalized spacial score (nSPS) is 15.3. The van der Waals surface area contributed by atoms with Crippen LogP contribution in [0.3, 0.4) is 0 Å². The molecule has 5 nitrogen and oxygen atoms in total. The van der Waals surface area contributed by atoms with Crippen molar-refractivity contribution in [2.45, 2.75) is 125 Å². The van der Waals surface area contributed by atoms with Crippen LogP contribution >= 0.6 is 0 Å². The third-order valence-corrected chi connectivity index (χ3v) is 14.6. The van der Waals surface area contributed by atoms with Gasteiger partial charge in [-0.2, -0.15) is 74.6 Å². The Morgan fingerprint density at radius 3 is 1.63 bits per heavy atom. The number of hydrogen-bond donors (Lipinski definition) is 1. The third-order valence-electron chi connectivity index (χ3n) is 8.93. The maximum Gasteiger partial charge on any atom is 0.460 e. The highest BCUT2D eigenvalue weighted by atomic mass is 28.4. The number of aliphatic hydroxyl groups is 1. The highest BCUT2D eigenvalue weighted by molar-refractivity contribution is 6.76. The molecule has 0 saturated carbocycles. The lowest BCUT2D eigenvalue weighted by atomic mass is 9.88. The van der Waals surface area contributed by atoms with Gasteiger partial charge in [0.15, 0.2) is 8.32 Å². The van der Waals surface area contributed by atoms with Crippen LogP contribution in [0.25, 0.3) is 0 Å². The van der Waals surface area contributed by atoms with Crippen LogP contribution in [0, 0.1) is 0 Å². The summed E-state index contributed by atoms with van der Waals surface area (Å²) in [4.78, 5) is 11.2. The van der Waals surface area contributed by atoms with Gasteiger partial charge in [-0.3, -0.25) is 0 Å². The molecule has 23 heteroatoms. The molecule has 57 heavy (non-hydrogen) atoms. The summed E-state index contributed by atoms with van der Waals surface area (Å²) in [5.41, 5.74) is -1.22. The van der Waals surface area contributed by atoms with Crippen molar-refractivity contribution in [2.75, 3.05) is 19.8 Å². The van der Waals surface area contributed by atoms with Crippen LogP contribution in [-0.2, 0) is 14.0 Å². The number of benzene rings is 1. The monoisotopic (exact) mass is 880 g/mol. The van der Waals surface area contributed by atoms with Crippen molar-refractivity contribution in [3.05, 3.63) is 54.1 Å². The first-order valence-electron chi connectivity index (χ1n) is 16.9. The molecule has 0 unspecified atom stereocenters. The van der Waals surface area contributed by atoms with Crippen molar-refractivity contribution in [3.8, 4) is 5.75 Å². The molecule has 0 bridgehead atoms. The Morgan fingerprint density at radius 1 is 0.702 bits per heavy atom. The maximum absolute atomic E-state index is 14.8. The van der Waals surface area contributed by atoms with E-state index in [1.165, 1.54) is 64.1 Å². The fourth-order valence-electron chi connectivity index (χ4n) is 5.45. The molecular formula is C34H41F17O5Si. The Kier molecular flexibility index (Phi) is 17.2. The highest BCUT2D eigenvalue weighted by Crippen LogP contribution is 2.64. The molecule has 1 aromatic carbocycles. The fourth-order valence-corrected chi connectivity index (χ4v) is 9.92. The van der Waals surface area contributed by atoms with E-state index in [2.05, 4.69) is 0 Å². The molecule has 1 atom stereocenters. The second-order valence-electron chi connectivity index (χ2n) is 13.3. The Hall–Kier alpha value is -3.08. The number of rotatable bonds is 23. The molecule has 0 aliphatic heterocycles. The summed E-state index contributed by atoms with van der Waals surface area (Å²) in [6.07, 6.45) is -4.63. The van der Waals surface area contributed by atoms with Gasteiger partial charge in [-0.1, -0.05) is 58.1 Å². The van der Waals surface area contributed by atoms with Crippen LogP contribution in [0.1, 0.15) is 65.5 Å². The quantitative estimate of drug-likeness (QED) is 0.0296. The van der Waals surface area contributed by atoms with E-state index in [0.717, 1.165) is 0 Å². The average Bonchev–Trinajstić information content (AvgIpc) is 3.08. The van der Waals surface area contributed by atoms with E-state index in [1.807, 2.05) is 0 Å². The van der Waals surface area contributed by atoms with E-state index in [1.54, 1.807) is 19.1 Å². The Bertz CT molecular complexity index is 1490. The third kappa shape index (κ3) is 10.8. The molecule has 1 N–H and O–H groups in total. The van der Waals surface area contributed by atoms with Gasteiger partial charge < -0.3 is 19.0 Å². The van der Waals surface area contributed by atoms with Crippen LogP contribution in [0.2, 0.25) is 17.1 Å². The van der Waals surface area contributed by atoms with Crippen molar-refractivity contribution in [2.24, 2.45) is 0 Å². The molecule has 0 aliphatic carbocycles. The van der Waals surface area contributed by atoms with Gasteiger partial charge in [-0.05, 0) is 54.6 Å². The second-order valence-corrected chi connectivity index (χ2v) is 18.3. The highest BCUT2D eigenvalue weighted by Gasteiger charge is 2.95. The molecule has 0 heterocycles. The van der Waals surface area contributed by atoms with Crippen molar-refractivity contribution in [1.29, 1.82) is 0 Å². The van der Waals surface area contributed by atoms with E-state index < -0.39 is 98.2 Å². The zero-order valence-electron chi connectivity index (χ0n) is 30.8. The number of esters is 1. The summed E-state index contributed by atoms with van der Waals surface area (Å²) in [5, 5.41) is 10.4. The summed E-state index contributed by atoms with van der Waals surface area (Å²) in [5.74, 6) is -57.0. The van der Waals surface area contributed by atoms with Crippen molar-refractivity contribution >= 4 is 14.3 Å². The Morgan fingerprint density at radius 2 is 1.18 bits per heavy atom. The topological polar surface area (TPSA) is 65.0 Å². The fraction of sp³-hybridized carbons (Fsp3) is 0.676. The number of hydrogen-bond acceptors (Lipinski definition) is 5. The van der Waals surface area contributed by atoms with Crippen LogP contribution in [0.4, 0.5) is 74.6 Å². The average molecular weight is 881 g/mol. The largest absolute Gasteiger partial charge is 0.491 e. The number of halogens is 17. The van der Waals surface area contributed by atoms with Gasteiger partial charge in [0.05, 0.1) is 19.3 Å². The standard InChI is InChI=1S/C34H41F17O5Si/c1-6-54-26(53)12-10-8-7-9-11-25(52)23-13-15-24(16-14-23)55-18-19-56-57(21(2)3,22(4)5)20-17-27(35,36)28(37,38)29(39,40)30(41,42)31(43,44)32(45,46)33(47,48)34(49,50)51/h7-8,10,12-16,21-22,25,52H,6,9,11,17-20H2,1-5H3/b8-7+,12-10+/t25-/m1/s1. The van der Waals surface area contributed by atoms with E-state index in [-0.39, 0.29) is 25.4 Å². The lowest BCUT2D eigenvalue weighted by Crippen LogP contribution is -2.74. The van der Waals surface area contributed by atoms with E-state index >= 15 is 0 Å². The van der Waals surface area contributed by atoms with E-state index in [4.69, 9.17) is 13.9 Å². The maximum atomic E-state index is 14.8. The van der Waals surface area contributed by atoms with Crippen molar-refractivity contribution in [3.63, 3.8) is 0 Å². The van der Waals surface area contributed by atoms with Gasteiger partial charge >= 0.3 is 53.6 Å². The molecule has 0 aromatic heterocycles. The number of alkyl halides is 17. The van der Waals surface area contributed by atoms with Gasteiger partial charge in [0.2, 0.25) is 0 Å². The number of carbonyl (C=O) groups is 1. The minimum atomic E-state index is -8.68. The zero-order valence-corrected chi connectivity index (χ0v) is 31.8. The Balaban J connectivity index is 3.10. The van der Waals surface area contributed by atoms with Gasteiger partial charge in [0, 0.05) is 12.5 Å². The Labute approximate surface area is 317 Å². The molecule has 0 radical (unpaired) electrons. The number of allylic oxidation sites excluding steroid dienone is 3. The number of aliphatic hydroxyl groups excluding tert-OH is 1. The summed E-state index contributed by atoms with van der Waals surface area (Å²) in [6, 6.07) is 4.54. The van der Waals surface area contributed by atoms with Crippen LogP contribution < -0.4 is 4.74 Å². The molecule has 0 saturated heterocycles. The minimum Gasteiger partial charge on any atom is -0.491 e. The summed E-state index contributed by atoms with van der Waals surface area (Å²) >= 11 is 0. The number of carbonyl (C=O) groups excluding carboxylic acids is 1. The SMILES string of the molecule is CCOC(=O)/C=C/C=C/CC[C@@H](O)c1ccc(OCCO[Si](CCC(F)(F)C(F)(F)C(F)(F)C(F)(F)C(F)(F)C(F)(F)C(F)(F)C(F)(F)F)(C(C)C)C(C)C)cc1. The van der Waals surface area contributed by atoms with Crippen LogP contribution in [0.15, 0.2) is 48.6 Å². The van der Waals surface area contributed by atoms with Gasteiger partial charge in [0.25, 0.3) is 0 Å². The lowest BCUT2D eigenvalue weighted by molar-refractivity contribution is -0.461. The second kappa shape index (κ2) is 18.9. The van der Waals surface area contributed by atoms with Gasteiger partial charge in [-0.15, -0.1) is 0 Å². The molecule has 330 valence electrons. The predicted octanol–water partition coefficient (Wildman–Crippen LogP) is 11.7. The van der Waals surface area contributed by atoms with Gasteiger partial charge in [0.1, 0.15) is 12.4 Å². The molecule has 0 spiro atoms. The van der Waals surface area contributed by atoms with E-state index in [9.17, 15) is 84.5 Å². The first-order valence-corrected chi connectivity index (χ1v) is 19.2. The molecular weight excluding hydrogens is 839 g/mol. The summed E-state index contributed by atoms with van der Waals surface area (Å²) < 4.78 is 250. The number of ether oxygens (including phenoxy) is 2. The smallest absolute Gasteiger partial charge is 0.460 e. The molecule has 0 amide bonds. The molecule has 1 rings (SSSR count).